The maximum Gasteiger partial charge on any atom is 0.341 e. The third-order valence-electron chi connectivity index (χ3n) is 5.45. The molecule has 166 valence electrons. The topological polar surface area (TPSA) is 111 Å². The molecule has 4 rings (SSSR count). The Hall–Kier alpha value is -4.23. The molecule has 0 aliphatic carbocycles. The van der Waals surface area contributed by atoms with E-state index >= 15 is 0 Å². The maximum absolute atomic E-state index is 12.6. The number of aromatic amines is 1. The molecule has 3 aromatic carbocycles. The number of anilines is 1. The zero-order valence-corrected chi connectivity index (χ0v) is 18.0. The van der Waals surface area contributed by atoms with Crippen molar-refractivity contribution in [2.75, 3.05) is 5.32 Å². The predicted molar refractivity (Wildman–Crippen MR) is 128 cm³/mol. The van der Waals surface area contributed by atoms with Crippen molar-refractivity contribution in [1.82, 2.24) is 10.3 Å². The standard InChI is InChI=1S/C26H23N3O4/c1-16(27-14-17-7-9-19(10-8-17)18-5-3-2-4-6-18)25(31)29-20-11-12-23-21(13-20)24(30)22(15-28-23)26(32)33/h2-13,15-16,27H,14H2,1H3,(H,28,30)(H,29,31)(H,32,33)/t16-/m0/s1. The quantitative estimate of drug-likeness (QED) is 0.346. The number of carbonyl (C=O) groups excluding carboxylic acids is 1. The van der Waals surface area contributed by atoms with Crippen molar-refractivity contribution in [3.63, 3.8) is 0 Å². The van der Waals surface area contributed by atoms with E-state index in [9.17, 15) is 14.4 Å². The van der Waals surface area contributed by atoms with E-state index in [4.69, 9.17) is 5.11 Å². The maximum atomic E-state index is 12.6. The fraction of sp³-hybridized carbons (Fsp3) is 0.115. The Bertz CT molecular complexity index is 1360. The minimum Gasteiger partial charge on any atom is -0.477 e. The van der Waals surface area contributed by atoms with Gasteiger partial charge >= 0.3 is 5.97 Å². The van der Waals surface area contributed by atoms with Crippen LogP contribution in [0.3, 0.4) is 0 Å². The minimum absolute atomic E-state index is 0.201. The summed E-state index contributed by atoms with van der Waals surface area (Å²) < 4.78 is 0. The van der Waals surface area contributed by atoms with E-state index in [2.05, 4.69) is 39.9 Å². The molecule has 1 amide bonds. The summed E-state index contributed by atoms with van der Waals surface area (Å²) >= 11 is 0. The molecule has 4 aromatic rings. The summed E-state index contributed by atoms with van der Waals surface area (Å²) in [5, 5.41) is 15.3. The van der Waals surface area contributed by atoms with E-state index in [1.54, 1.807) is 19.1 Å². The van der Waals surface area contributed by atoms with Gasteiger partial charge in [0.1, 0.15) is 5.56 Å². The van der Waals surface area contributed by atoms with E-state index in [-0.39, 0.29) is 16.9 Å². The minimum atomic E-state index is -1.30. The number of hydrogen-bond donors (Lipinski definition) is 4. The number of rotatable bonds is 7. The number of benzene rings is 3. The van der Waals surface area contributed by atoms with Gasteiger partial charge in [-0.25, -0.2) is 4.79 Å². The van der Waals surface area contributed by atoms with Gasteiger partial charge in [0.2, 0.25) is 11.3 Å². The van der Waals surface area contributed by atoms with E-state index in [0.29, 0.717) is 17.7 Å². The molecule has 0 saturated carbocycles. The molecule has 0 aliphatic heterocycles. The number of amides is 1. The molecule has 33 heavy (non-hydrogen) atoms. The number of fused-ring (bicyclic) bond motifs is 1. The lowest BCUT2D eigenvalue weighted by molar-refractivity contribution is -0.117. The van der Waals surface area contributed by atoms with Crippen LogP contribution in [0, 0.1) is 0 Å². The first-order valence-electron chi connectivity index (χ1n) is 10.5. The van der Waals surface area contributed by atoms with Gasteiger partial charge in [-0.15, -0.1) is 0 Å². The van der Waals surface area contributed by atoms with Gasteiger partial charge in [-0.3, -0.25) is 9.59 Å². The van der Waals surface area contributed by atoms with Crippen molar-refractivity contribution in [1.29, 1.82) is 0 Å². The Kier molecular flexibility index (Phi) is 6.33. The first-order valence-corrected chi connectivity index (χ1v) is 10.5. The van der Waals surface area contributed by atoms with Crippen LogP contribution in [0.15, 0.2) is 83.8 Å². The monoisotopic (exact) mass is 441 g/mol. The molecule has 1 heterocycles. The lowest BCUT2D eigenvalue weighted by atomic mass is 10.0. The number of carboxylic acids is 1. The number of pyridine rings is 1. The molecule has 0 saturated heterocycles. The molecule has 0 fully saturated rings. The van der Waals surface area contributed by atoms with Gasteiger partial charge in [-0.2, -0.15) is 0 Å². The highest BCUT2D eigenvalue weighted by molar-refractivity contribution is 5.97. The van der Waals surface area contributed by atoms with E-state index in [0.717, 1.165) is 16.7 Å². The zero-order chi connectivity index (χ0) is 23.4. The number of carboxylic acid groups (broad SMARTS) is 1. The second-order valence-electron chi connectivity index (χ2n) is 7.75. The molecule has 0 unspecified atom stereocenters. The van der Waals surface area contributed by atoms with Crippen molar-refractivity contribution < 1.29 is 14.7 Å². The Labute approximate surface area is 190 Å². The zero-order valence-electron chi connectivity index (χ0n) is 18.0. The Morgan fingerprint density at radius 2 is 1.67 bits per heavy atom. The predicted octanol–water partition coefficient (Wildman–Crippen LogP) is 4.01. The lowest BCUT2D eigenvalue weighted by Crippen LogP contribution is -2.37. The van der Waals surface area contributed by atoms with Gasteiger partial charge in [0.05, 0.1) is 6.04 Å². The third kappa shape index (κ3) is 4.99. The van der Waals surface area contributed by atoms with Crippen LogP contribution >= 0.6 is 0 Å². The van der Waals surface area contributed by atoms with Gasteiger partial charge in [0, 0.05) is 29.3 Å². The van der Waals surface area contributed by atoms with Crippen LogP contribution in [-0.2, 0) is 11.3 Å². The van der Waals surface area contributed by atoms with E-state index in [1.165, 1.54) is 12.3 Å². The highest BCUT2D eigenvalue weighted by atomic mass is 16.4. The average Bonchev–Trinajstić information content (AvgIpc) is 2.83. The summed E-state index contributed by atoms with van der Waals surface area (Å²) in [6.07, 6.45) is 1.17. The fourth-order valence-corrected chi connectivity index (χ4v) is 3.51. The summed E-state index contributed by atoms with van der Waals surface area (Å²) in [7, 11) is 0. The summed E-state index contributed by atoms with van der Waals surface area (Å²) in [5.41, 5.74) is 3.29. The van der Waals surface area contributed by atoms with Crippen molar-refractivity contribution in [3.05, 3.63) is 100 Å². The molecular weight excluding hydrogens is 418 g/mol. The van der Waals surface area contributed by atoms with Gasteiger partial charge in [-0.1, -0.05) is 54.6 Å². The highest BCUT2D eigenvalue weighted by Gasteiger charge is 2.15. The van der Waals surface area contributed by atoms with Crippen LogP contribution in [0.4, 0.5) is 5.69 Å². The molecular formula is C26H23N3O4. The SMILES string of the molecule is C[C@H](NCc1ccc(-c2ccccc2)cc1)C(=O)Nc1ccc2[nH]cc(C(=O)O)c(=O)c2c1. The number of H-pyrrole nitrogens is 1. The van der Waals surface area contributed by atoms with Gasteiger partial charge in [-0.05, 0) is 41.8 Å². The summed E-state index contributed by atoms with van der Waals surface area (Å²) in [5.74, 6) is -1.57. The molecule has 0 bridgehead atoms. The van der Waals surface area contributed by atoms with Crippen molar-refractivity contribution in [3.8, 4) is 11.1 Å². The van der Waals surface area contributed by atoms with Gasteiger partial charge in [0.15, 0.2) is 0 Å². The van der Waals surface area contributed by atoms with Crippen LogP contribution in [0.1, 0.15) is 22.8 Å². The average molecular weight is 441 g/mol. The van der Waals surface area contributed by atoms with Crippen molar-refractivity contribution in [2.45, 2.75) is 19.5 Å². The van der Waals surface area contributed by atoms with Crippen LogP contribution < -0.4 is 16.1 Å². The number of aromatic nitrogens is 1. The molecule has 0 radical (unpaired) electrons. The molecule has 1 aromatic heterocycles. The first kappa shape index (κ1) is 22.0. The van der Waals surface area contributed by atoms with E-state index < -0.39 is 17.4 Å². The summed E-state index contributed by atoms with van der Waals surface area (Å²) in [4.78, 5) is 39.0. The fourth-order valence-electron chi connectivity index (χ4n) is 3.51. The first-order chi connectivity index (χ1) is 15.9. The van der Waals surface area contributed by atoms with Crippen LogP contribution in [0.5, 0.6) is 0 Å². The Morgan fingerprint density at radius 1 is 0.970 bits per heavy atom. The molecule has 7 nitrogen and oxygen atoms in total. The second-order valence-corrected chi connectivity index (χ2v) is 7.75. The van der Waals surface area contributed by atoms with Crippen LogP contribution in [0.2, 0.25) is 0 Å². The number of hydrogen-bond acceptors (Lipinski definition) is 4. The molecule has 0 aliphatic rings. The van der Waals surface area contributed by atoms with Crippen LogP contribution in [0.25, 0.3) is 22.0 Å². The molecule has 0 spiro atoms. The second kappa shape index (κ2) is 9.50. The number of aromatic carboxylic acids is 1. The van der Waals surface area contributed by atoms with Gasteiger partial charge < -0.3 is 20.7 Å². The normalized spacial score (nSPS) is 11.8. The number of carbonyl (C=O) groups is 2. The van der Waals surface area contributed by atoms with Crippen LogP contribution in [-0.4, -0.2) is 28.0 Å². The molecule has 4 N–H and O–H groups in total. The number of nitrogens with one attached hydrogen (secondary N) is 3. The molecule has 7 heteroatoms. The smallest absolute Gasteiger partial charge is 0.341 e. The Morgan fingerprint density at radius 3 is 2.36 bits per heavy atom. The molecule has 1 atom stereocenters. The van der Waals surface area contributed by atoms with E-state index in [1.807, 2.05) is 30.3 Å². The van der Waals surface area contributed by atoms with Crippen molar-refractivity contribution in [2.24, 2.45) is 0 Å². The lowest BCUT2D eigenvalue weighted by Gasteiger charge is -2.15. The van der Waals surface area contributed by atoms with Crippen molar-refractivity contribution >= 4 is 28.5 Å². The summed E-state index contributed by atoms with van der Waals surface area (Å²) in [6, 6.07) is 22.5. The third-order valence-corrected chi connectivity index (χ3v) is 5.45. The summed E-state index contributed by atoms with van der Waals surface area (Å²) in [6.45, 7) is 2.27. The Balaban J connectivity index is 1.39. The van der Waals surface area contributed by atoms with Gasteiger partial charge in [0.25, 0.3) is 0 Å². The largest absolute Gasteiger partial charge is 0.477 e. The highest BCUT2D eigenvalue weighted by Crippen LogP contribution is 2.19.